The normalized spacial score (nSPS) is 28.2. The first-order valence-electron chi connectivity index (χ1n) is 9.02. The second-order valence-corrected chi connectivity index (χ2v) is 7.10. The number of rotatable bonds is 4. The van der Waals surface area contributed by atoms with Crippen molar-refractivity contribution < 1.29 is 9.59 Å². The zero-order valence-corrected chi connectivity index (χ0v) is 13.7. The topological polar surface area (TPSA) is 52.7 Å². The molecule has 0 aromatic carbocycles. The van der Waals surface area contributed by atoms with Crippen LogP contribution < -0.4 is 5.32 Å². The van der Waals surface area contributed by atoms with E-state index in [0.717, 1.165) is 45.3 Å². The van der Waals surface area contributed by atoms with Crippen molar-refractivity contribution in [3.05, 3.63) is 0 Å². The number of carbonyl (C=O) groups excluding carboxylic acids is 2. The van der Waals surface area contributed by atoms with E-state index in [-0.39, 0.29) is 23.9 Å². The zero-order valence-electron chi connectivity index (χ0n) is 13.7. The molecular weight excluding hydrogens is 278 g/mol. The van der Waals surface area contributed by atoms with Crippen molar-refractivity contribution in [2.45, 2.75) is 76.4 Å². The van der Waals surface area contributed by atoms with Crippen LogP contribution in [-0.2, 0) is 9.59 Å². The Kier molecular flexibility index (Phi) is 5.01. The molecule has 5 nitrogen and oxygen atoms in total. The van der Waals surface area contributed by atoms with Crippen LogP contribution in [0.15, 0.2) is 0 Å². The van der Waals surface area contributed by atoms with E-state index in [1.165, 1.54) is 25.7 Å². The van der Waals surface area contributed by atoms with E-state index in [1.807, 2.05) is 11.8 Å². The predicted octanol–water partition coefficient (Wildman–Crippen LogP) is 1.52. The van der Waals surface area contributed by atoms with E-state index in [9.17, 15) is 9.59 Å². The molecule has 2 aliphatic heterocycles. The fraction of sp³-hybridized carbons (Fsp3) is 0.882. The number of nitrogens with zero attached hydrogens (tertiary/aromatic N) is 2. The molecule has 2 atom stereocenters. The summed E-state index contributed by atoms with van der Waals surface area (Å²) in [4.78, 5) is 29.4. The molecule has 0 aromatic heterocycles. The summed E-state index contributed by atoms with van der Waals surface area (Å²) in [5, 5.41) is 3.06. The fourth-order valence-corrected chi connectivity index (χ4v) is 3.71. The molecule has 124 valence electrons. The van der Waals surface area contributed by atoms with Gasteiger partial charge in [-0.3, -0.25) is 14.5 Å². The van der Waals surface area contributed by atoms with Crippen molar-refractivity contribution in [2.24, 2.45) is 0 Å². The van der Waals surface area contributed by atoms with Crippen LogP contribution in [0.3, 0.4) is 0 Å². The molecular formula is C17H29N3O2. The van der Waals surface area contributed by atoms with Crippen LogP contribution in [0.4, 0.5) is 0 Å². The molecule has 2 heterocycles. The van der Waals surface area contributed by atoms with Gasteiger partial charge in [-0.05, 0) is 58.5 Å². The van der Waals surface area contributed by atoms with Crippen LogP contribution in [-0.4, -0.2) is 59.4 Å². The molecule has 5 heteroatoms. The highest BCUT2D eigenvalue weighted by molar-refractivity contribution is 5.90. The Morgan fingerprint density at radius 1 is 0.955 bits per heavy atom. The van der Waals surface area contributed by atoms with Crippen molar-refractivity contribution in [2.75, 3.05) is 19.6 Å². The summed E-state index contributed by atoms with van der Waals surface area (Å²) in [5.74, 6) is 0.215. The summed E-state index contributed by atoms with van der Waals surface area (Å²) < 4.78 is 0. The lowest BCUT2D eigenvalue weighted by Gasteiger charge is -2.32. The SMILES string of the molecule is CC(C(=O)N1CCCC1C(=O)NC1CC1)N1CCCCCC1. The van der Waals surface area contributed by atoms with Crippen molar-refractivity contribution in [1.29, 1.82) is 0 Å². The summed E-state index contributed by atoms with van der Waals surface area (Å²) in [6.45, 7) is 4.78. The van der Waals surface area contributed by atoms with Crippen molar-refractivity contribution >= 4 is 11.8 Å². The second kappa shape index (κ2) is 6.99. The molecule has 0 aromatic rings. The highest BCUT2D eigenvalue weighted by Crippen LogP contribution is 2.24. The monoisotopic (exact) mass is 307 g/mol. The van der Waals surface area contributed by atoms with E-state index in [1.54, 1.807) is 0 Å². The van der Waals surface area contributed by atoms with Gasteiger partial charge in [0.1, 0.15) is 6.04 Å². The highest BCUT2D eigenvalue weighted by Gasteiger charge is 2.38. The lowest BCUT2D eigenvalue weighted by molar-refractivity contribution is -0.142. The number of hydrogen-bond donors (Lipinski definition) is 1. The van der Waals surface area contributed by atoms with Crippen molar-refractivity contribution in [1.82, 2.24) is 15.1 Å². The molecule has 1 aliphatic carbocycles. The van der Waals surface area contributed by atoms with Gasteiger partial charge in [0, 0.05) is 12.6 Å². The minimum atomic E-state index is -0.234. The standard InChI is InChI=1S/C17H29N3O2/c1-13(19-10-4-2-3-5-11-19)17(22)20-12-6-7-15(20)16(21)18-14-8-9-14/h13-15H,2-12H2,1H3,(H,18,21). The number of hydrogen-bond acceptors (Lipinski definition) is 3. The molecule has 1 saturated carbocycles. The molecule has 2 saturated heterocycles. The average molecular weight is 307 g/mol. The van der Waals surface area contributed by atoms with Crippen LogP contribution in [0.25, 0.3) is 0 Å². The van der Waals surface area contributed by atoms with Gasteiger partial charge in [0.2, 0.25) is 11.8 Å². The van der Waals surface area contributed by atoms with Crippen LogP contribution in [0.1, 0.15) is 58.3 Å². The van der Waals surface area contributed by atoms with E-state index < -0.39 is 0 Å². The minimum absolute atomic E-state index is 0.0661. The first kappa shape index (κ1) is 15.8. The third kappa shape index (κ3) is 3.62. The predicted molar refractivity (Wildman–Crippen MR) is 85.4 cm³/mol. The Morgan fingerprint density at radius 2 is 1.64 bits per heavy atom. The highest BCUT2D eigenvalue weighted by atomic mass is 16.2. The van der Waals surface area contributed by atoms with E-state index in [4.69, 9.17) is 0 Å². The van der Waals surface area contributed by atoms with Gasteiger partial charge in [0.25, 0.3) is 0 Å². The van der Waals surface area contributed by atoms with Crippen molar-refractivity contribution in [3.63, 3.8) is 0 Å². The van der Waals surface area contributed by atoms with Gasteiger partial charge < -0.3 is 10.2 Å². The maximum absolute atomic E-state index is 12.9. The fourth-order valence-electron chi connectivity index (χ4n) is 3.71. The summed E-state index contributed by atoms with van der Waals surface area (Å²) in [6, 6.07) is 0.0445. The third-order valence-corrected chi connectivity index (χ3v) is 5.31. The average Bonchev–Trinajstić information content (AvgIpc) is 3.26. The Bertz CT molecular complexity index is 414. The molecule has 3 aliphatic rings. The van der Waals surface area contributed by atoms with Gasteiger partial charge in [0.05, 0.1) is 6.04 Å². The second-order valence-electron chi connectivity index (χ2n) is 7.10. The molecule has 3 rings (SSSR count). The van der Waals surface area contributed by atoms with Gasteiger partial charge in [-0.2, -0.15) is 0 Å². The van der Waals surface area contributed by atoms with Crippen LogP contribution in [0, 0.1) is 0 Å². The van der Waals surface area contributed by atoms with Gasteiger partial charge >= 0.3 is 0 Å². The Labute approximate surface area is 133 Å². The Hall–Kier alpha value is -1.10. The summed E-state index contributed by atoms with van der Waals surface area (Å²) in [5.41, 5.74) is 0. The van der Waals surface area contributed by atoms with Gasteiger partial charge in [-0.15, -0.1) is 0 Å². The number of carbonyl (C=O) groups is 2. The molecule has 3 fully saturated rings. The van der Waals surface area contributed by atoms with E-state index in [0.29, 0.717) is 6.04 Å². The first-order valence-corrected chi connectivity index (χ1v) is 9.02. The zero-order chi connectivity index (χ0) is 15.5. The summed E-state index contributed by atoms with van der Waals surface area (Å²) >= 11 is 0. The molecule has 0 radical (unpaired) electrons. The molecule has 0 bridgehead atoms. The van der Waals surface area contributed by atoms with Gasteiger partial charge in [-0.25, -0.2) is 0 Å². The first-order chi connectivity index (χ1) is 10.7. The smallest absolute Gasteiger partial charge is 0.243 e. The quantitative estimate of drug-likeness (QED) is 0.857. The maximum Gasteiger partial charge on any atom is 0.243 e. The van der Waals surface area contributed by atoms with Crippen LogP contribution in [0.5, 0.6) is 0 Å². The number of amides is 2. The molecule has 2 unspecified atom stereocenters. The lowest BCUT2D eigenvalue weighted by atomic mass is 10.1. The largest absolute Gasteiger partial charge is 0.352 e. The van der Waals surface area contributed by atoms with E-state index in [2.05, 4.69) is 10.2 Å². The Morgan fingerprint density at radius 3 is 2.27 bits per heavy atom. The molecule has 1 N–H and O–H groups in total. The summed E-state index contributed by atoms with van der Waals surface area (Å²) in [6.07, 6.45) is 8.86. The van der Waals surface area contributed by atoms with Gasteiger partial charge in [0.15, 0.2) is 0 Å². The summed E-state index contributed by atoms with van der Waals surface area (Å²) in [7, 11) is 0. The number of nitrogens with one attached hydrogen (secondary N) is 1. The van der Waals surface area contributed by atoms with E-state index >= 15 is 0 Å². The molecule has 0 spiro atoms. The third-order valence-electron chi connectivity index (χ3n) is 5.31. The Balaban J connectivity index is 1.60. The van der Waals surface area contributed by atoms with Crippen molar-refractivity contribution in [3.8, 4) is 0 Å². The molecule has 2 amide bonds. The maximum atomic E-state index is 12.9. The molecule has 22 heavy (non-hydrogen) atoms. The lowest BCUT2D eigenvalue weighted by Crippen LogP contribution is -2.53. The minimum Gasteiger partial charge on any atom is -0.352 e. The van der Waals surface area contributed by atoms with Crippen LogP contribution in [0.2, 0.25) is 0 Å². The van der Waals surface area contributed by atoms with Crippen LogP contribution >= 0.6 is 0 Å². The van der Waals surface area contributed by atoms with Gasteiger partial charge in [-0.1, -0.05) is 12.8 Å². The number of likely N-dealkylation sites (tertiary alicyclic amines) is 2.